The van der Waals surface area contributed by atoms with Gasteiger partial charge in [-0.05, 0) is 37.0 Å². The lowest BCUT2D eigenvalue weighted by Gasteiger charge is -2.24. The first-order chi connectivity index (χ1) is 13.7. The van der Waals surface area contributed by atoms with Gasteiger partial charge in [-0.25, -0.2) is 0 Å². The highest BCUT2D eigenvalue weighted by Gasteiger charge is 2.20. The van der Waals surface area contributed by atoms with E-state index in [1.165, 1.54) is 42.5 Å². The standard InChI is InChI=1S/C24H34N2O2/c1-20-9-11-22(12-10-20)18-25-15-5-8-23(25)19-26(16-17-28-2)24(27)14-13-21-6-3-4-7-21/h5,8-12,15,21H,3-4,6-7,13-14,16-19H2,1-2H3. The molecule has 0 aliphatic heterocycles. The van der Waals surface area contributed by atoms with Crippen LogP contribution in [0.2, 0.25) is 0 Å². The number of nitrogens with zero attached hydrogens (tertiary/aromatic N) is 2. The molecule has 1 saturated carbocycles. The van der Waals surface area contributed by atoms with E-state index >= 15 is 0 Å². The highest BCUT2D eigenvalue weighted by Crippen LogP contribution is 2.28. The van der Waals surface area contributed by atoms with Gasteiger partial charge < -0.3 is 14.2 Å². The topological polar surface area (TPSA) is 34.5 Å². The molecule has 0 N–H and O–H groups in total. The van der Waals surface area contributed by atoms with Gasteiger partial charge in [-0.15, -0.1) is 0 Å². The van der Waals surface area contributed by atoms with Crippen LogP contribution >= 0.6 is 0 Å². The molecule has 4 nitrogen and oxygen atoms in total. The number of aromatic nitrogens is 1. The molecule has 1 heterocycles. The maximum Gasteiger partial charge on any atom is 0.223 e. The molecule has 0 saturated heterocycles. The third kappa shape index (κ3) is 5.96. The molecule has 2 aromatic rings. The summed E-state index contributed by atoms with van der Waals surface area (Å²) in [6.07, 6.45) is 9.06. The van der Waals surface area contributed by atoms with Gasteiger partial charge in [0, 0.05) is 38.5 Å². The maximum atomic E-state index is 12.9. The van der Waals surface area contributed by atoms with Gasteiger partial charge in [0.05, 0.1) is 13.2 Å². The number of benzene rings is 1. The van der Waals surface area contributed by atoms with Crippen LogP contribution in [0, 0.1) is 12.8 Å². The second-order valence-corrected chi connectivity index (χ2v) is 8.11. The Morgan fingerprint density at radius 1 is 1.18 bits per heavy atom. The number of ether oxygens (including phenoxy) is 1. The molecule has 1 aliphatic rings. The number of carbonyl (C=O) groups is 1. The smallest absolute Gasteiger partial charge is 0.223 e. The van der Waals surface area contributed by atoms with Gasteiger partial charge in [-0.1, -0.05) is 55.5 Å². The van der Waals surface area contributed by atoms with Crippen LogP contribution in [-0.2, 0) is 22.6 Å². The van der Waals surface area contributed by atoms with Gasteiger partial charge in [0.1, 0.15) is 0 Å². The Labute approximate surface area is 169 Å². The Bertz CT molecular complexity index is 729. The zero-order valence-electron chi connectivity index (χ0n) is 17.4. The first-order valence-electron chi connectivity index (χ1n) is 10.6. The van der Waals surface area contributed by atoms with Crippen molar-refractivity contribution in [2.45, 2.75) is 58.5 Å². The van der Waals surface area contributed by atoms with Gasteiger partial charge in [-0.3, -0.25) is 4.79 Å². The summed E-state index contributed by atoms with van der Waals surface area (Å²) in [6.45, 7) is 4.81. The van der Waals surface area contributed by atoms with Crippen molar-refractivity contribution in [3.05, 3.63) is 59.4 Å². The lowest BCUT2D eigenvalue weighted by atomic mass is 10.0. The summed E-state index contributed by atoms with van der Waals surface area (Å²) in [7, 11) is 1.70. The summed E-state index contributed by atoms with van der Waals surface area (Å²) in [5.41, 5.74) is 3.72. The highest BCUT2D eigenvalue weighted by atomic mass is 16.5. The molecular weight excluding hydrogens is 348 g/mol. The fourth-order valence-corrected chi connectivity index (χ4v) is 4.11. The van der Waals surface area contributed by atoms with E-state index in [9.17, 15) is 4.79 Å². The number of methoxy groups -OCH3 is 1. The van der Waals surface area contributed by atoms with Crippen molar-refractivity contribution in [1.82, 2.24) is 9.47 Å². The van der Waals surface area contributed by atoms with Crippen LogP contribution in [-0.4, -0.2) is 35.6 Å². The lowest BCUT2D eigenvalue weighted by molar-refractivity contribution is -0.132. The van der Waals surface area contributed by atoms with E-state index in [0.29, 0.717) is 26.1 Å². The summed E-state index contributed by atoms with van der Waals surface area (Å²) < 4.78 is 7.50. The Morgan fingerprint density at radius 2 is 1.93 bits per heavy atom. The molecule has 0 radical (unpaired) electrons. The predicted molar refractivity (Wildman–Crippen MR) is 113 cm³/mol. The molecule has 1 fully saturated rings. The van der Waals surface area contributed by atoms with Crippen LogP contribution in [0.15, 0.2) is 42.6 Å². The summed E-state index contributed by atoms with van der Waals surface area (Å²) in [5, 5.41) is 0. The van der Waals surface area contributed by atoms with E-state index in [-0.39, 0.29) is 5.91 Å². The van der Waals surface area contributed by atoms with E-state index in [1.807, 2.05) is 4.90 Å². The molecule has 28 heavy (non-hydrogen) atoms. The zero-order chi connectivity index (χ0) is 19.8. The number of rotatable bonds is 10. The van der Waals surface area contributed by atoms with Gasteiger partial charge in [0.2, 0.25) is 5.91 Å². The zero-order valence-corrected chi connectivity index (χ0v) is 17.4. The van der Waals surface area contributed by atoms with Crippen LogP contribution in [0.5, 0.6) is 0 Å². The average molecular weight is 383 g/mol. The van der Waals surface area contributed by atoms with Crippen molar-refractivity contribution >= 4 is 5.91 Å². The lowest BCUT2D eigenvalue weighted by Crippen LogP contribution is -2.34. The van der Waals surface area contributed by atoms with E-state index in [2.05, 4.69) is 54.1 Å². The summed E-state index contributed by atoms with van der Waals surface area (Å²) in [5.74, 6) is 1.01. The number of amides is 1. The van der Waals surface area contributed by atoms with Gasteiger partial charge in [0.15, 0.2) is 0 Å². The number of aryl methyl sites for hydroxylation is 1. The normalized spacial score (nSPS) is 14.5. The van der Waals surface area contributed by atoms with E-state index in [1.54, 1.807) is 7.11 Å². The average Bonchev–Trinajstić information content (AvgIpc) is 3.37. The van der Waals surface area contributed by atoms with Gasteiger partial charge in [-0.2, -0.15) is 0 Å². The van der Waals surface area contributed by atoms with Crippen LogP contribution in [0.1, 0.15) is 55.3 Å². The quantitative estimate of drug-likeness (QED) is 0.592. The molecule has 0 atom stereocenters. The Kier molecular flexibility index (Phi) is 7.72. The number of hydrogen-bond donors (Lipinski definition) is 0. The third-order valence-electron chi connectivity index (χ3n) is 5.91. The molecule has 4 heteroatoms. The van der Waals surface area contributed by atoms with Crippen molar-refractivity contribution in [1.29, 1.82) is 0 Å². The highest BCUT2D eigenvalue weighted by molar-refractivity contribution is 5.76. The second-order valence-electron chi connectivity index (χ2n) is 8.11. The minimum Gasteiger partial charge on any atom is -0.383 e. The number of hydrogen-bond acceptors (Lipinski definition) is 2. The SMILES string of the molecule is COCCN(Cc1cccn1Cc1ccc(C)cc1)C(=O)CCC1CCCC1. The van der Waals surface area contributed by atoms with Crippen molar-refractivity contribution in [2.75, 3.05) is 20.3 Å². The predicted octanol–water partition coefficient (Wildman–Crippen LogP) is 4.79. The van der Waals surface area contributed by atoms with Crippen molar-refractivity contribution in [3.8, 4) is 0 Å². The van der Waals surface area contributed by atoms with Crippen LogP contribution in [0.4, 0.5) is 0 Å². The van der Waals surface area contributed by atoms with E-state index in [0.717, 1.165) is 18.9 Å². The first kappa shape index (κ1) is 20.7. The van der Waals surface area contributed by atoms with Crippen LogP contribution < -0.4 is 0 Å². The van der Waals surface area contributed by atoms with E-state index < -0.39 is 0 Å². The third-order valence-corrected chi connectivity index (χ3v) is 5.91. The summed E-state index contributed by atoms with van der Waals surface area (Å²) >= 11 is 0. The molecule has 0 spiro atoms. The van der Waals surface area contributed by atoms with Crippen molar-refractivity contribution in [2.24, 2.45) is 5.92 Å². The minimum atomic E-state index is 0.257. The molecule has 3 rings (SSSR count). The first-order valence-corrected chi connectivity index (χ1v) is 10.6. The molecule has 1 aromatic carbocycles. The van der Waals surface area contributed by atoms with Gasteiger partial charge in [0.25, 0.3) is 0 Å². The second kappa shape index (κ2) is 10.5. The van der Waals surface area contributed by atoms with E-state index in [4.69, 9.17) is 4.74 Å². The monoisotopic (exact) mass is 382 g/mol. The fourth-order valence-electron chi connectivity index (χ4n) is 4.11. The Balaban J connectivity index is 1.62. The molecule has 0 unspecified atom stereocenters. The maximum absolute atomic E-state index is 12.9. The minimum absolute atomic E-state index is 0.257. The van der Waals surface area contributed by atoms with Crippen LogP contribution in [0.3, 0.4) is 0 Å². The molecule has 0 bridgehead atoms. The largest absolute Gasteiger partial charge is 0.383 e. The van der Waals surface area contributed by atoms with Gasteiger partial charge >= 0.3 is 0 Å². The van der Waals surface area contributed by atoms with Crippen molar-refractivity contribution < 1.29 is 9.53 Å². The molecule has 1 aromatic heterocycles. The summed E-state index contributed by atoms with van der Waals surface area (Å²) in [4.78, 5) is 14.9. The summed E-state index contributed by atoms with van der Waals surface area (Å²) in [6, 6.07) is 12.8. The van der Waals surface area contributed by atoms with Crippen molar-refractivity contribution in [3.63, 3.8) is 0 Å². The Morgan fingerprint density at radius 3 is 2.64 bits per heavy atom. The fraction of sp³-hybridized carbons (Fsp3) is 0.542. The Hall–Kier alpha value is -2.07. The molecule has 1 aliphatic carbocycles. The number of carbonyl (C=O) groups excluding carboxylic acids is 1. The molecule has 1 amide bonds. The molecular formula is C24H34N2O2. The molecule has 152 valence electrons. The van der Waals surface area contributed by atoms with Crippen LogP contribution in [0.25, 0.3) is 0 Å².